The fourth-order valence-corrected chi connectivity index (χ4v) is 3.05. The number of nitrogens with zero attached hydrogens (tertiary/aromatic N) is 1. The summed E-state index contributed by atoms with van der Waals surface area (Å²) in [5, 5.41) is 0.169. The second-order valence-corrected chi connectivity index (χ2v) is 7.01. The Labute approximate surface area is 173 Å². The van der Waals surface area contributed by atoms with E-state index in [0.29, 0.717) is 27.9 Å². The van der Waals surface area contributed by atoms with Gasteiger partial charge in [-0.15, -0.1) is 0 Å². The molecule has 3 aromatic carbocycles. The largest absolute Gasteiger partial charge is 0.416 e. The number of rotatable bonds is 3. The Morgan fingerprint density at radius 1 is 0.667 bits per heavy atom. The van der Waals surface area contributed by atoms with Crippen LogP contribution in [0.25, 0.3) is 22.3 Å². The molecule has 30 heavy (non-hydrogen) atoms. The number of aliphatic imine (C=N–C) groups is 1. The van der Waals surface area contributed by atoms with Gasteiger partial charge in [-0.1, -0.05) is 54.1 Å². The van der Waals surface area contributed by atoms with Crippen molar-refractivity contribution in [3.05, 3.63) is 77.9 Å². The minimum absolute atomic E-state index is 0.169. The molecule has 0 saturated heterocycles. The predicted molar refractivity (Wildman–Crippen MR) is 106 cm³/mol. The van der Waals surface area contributed by atoms with Crippen LogP contribution in [0.15, 0.2) is 71.7 Å². The molecule has 0 amide bonds. The summed E-state index contributed by atoms with van der Waals surface area (Å²) in [4.78, 5) is 4.29. The van der Waals surface area contributed by atoms with Gasteiger partial charge in [-0.2, -0.15) is 26.3 Å². The average molecular weight is 442 g/mol. The van der Waals surface area contributed by atoms with E-state index < -0.39 is 23.5 Å². The van der Waals surface area contributed by atoms with Crippen LogP contribution in [-0.2, 0) is 12.4 Å². The maximum atomic E-state index is 12.9. The summed E-state index contributed by atoms with van der Waals surface area (Å²) in [5.41, 5.74) is 0.709. The monoisotopic (exact) mass is 441 g/mol. The molecule has 0 unspecified atom stereocenters. The number of halogens is 7. The summed E-state index contributed by atoms with van der Waals surface area (Å²) in [5.74, 6) is 0. The highest BCUT2D eigenvalue weighted by Gasteiger charge is 2.31. The van der Waals surface area contributed by atoms with Gasteiger partial charge in [-0.25, -0.2) is 4.99 Å². The molecule has 156 valence electrons. The van der Waals surface area contributed by atoms with Crippen LogP contribution in [0.1, 0.15) is 18.1 Å². The van der Waals surface area contributed by atoms with Crippen LogP contribution in [0, 0.1) is 0 Å². The molecular weight excluding hydrogens is 428 g/mol. The quantitative estimate of drug-likeness (QED) is 0.286. The van der Waals surface area contributed by atoms with E-state index in [9.17, 15) is 26.3 Å². The molecule has 3 aromatic rings. The highest BCUT2D eigenvalue weighted by atomic mass is 35.5. The molecule has 0 aromatic heterocycles. The zero-order chi connectivity index (χ0) is 22.1. The van der Waals surface area contributed by atoms with E-state index in [1.807, 2.05) is 0 Å². The molecule has 0 radical (unpaired) electrons. The minimum Gasteiger partial charge on any atom is -0.240 e. The van der Waals surface area contributed by atoms with Crippen molar-refractivity contribution < 1.29 is 26.3 Å². The molecule has 0 fully saturated rings. The minimum atomic E-state index is -4.46. The van der Waals surface area contributed by atoms with Gasteiger partial charge in [-0.05, 0) is 42.3 Å². The van der Waals surface area contributed by atoms with E-state index in [4.69, 9.17) is 11.6 Å². The Bertz CT molecular complexity index is 985. The van der Waals surface area contributed by atoms with Gasteiger partial charge in [0.15, 0.2) is 0 Å². The van der Waals surface area contributed by atoms with Gasteiger partial charge in [0.2, 0.25) is 0 Å². The summed E-state index contributed by atoms with van der Waals surface area (Å²) >= 11 is 5.95. The third-order valence-corrected chi connectivity index (χ3v) is 4.43. The lowest BCUT2D eigenvalue weighted by Gasteiger charge is -2.14. The van der Waals surface area contributed by atoms with Gasteiger partial charge in [0.05, 0.1) is 16.8 Å². The zero-order valence-electron chi connectivity index (χ0n) is 15.4. The van der Waals surface area contributed by atoms with Crippen LogP contribution in [0.3, 0.4) is 0 Å². The number of para-hydroxylation sites is 1. The van der Waals surface area contributed by atoms with E-state index in [2.05, 4.69) is 4.99 Å². The predicted octanol–water partition coefficient (Wildman–Crippen LogP) is 8.35. The molecule has 0 N–H and O–H groups in total. The Hall–Kier alpha value is -2.80. The van der Waals surface area contributed by atoms with Gasteiger partial charge < -0.3 is 0 Å². The first-order chi connectivity index (χ1) is 14.0. The smallest absolute Gasteiger partial charge is 0.240 e. The molecular formula is C22H14ClF6N. The van der Waals surface area contributed by atoms with Crippen molar-refractivity contribution in [3.63, 3.8) is 0 Å². The highest BCUT2D eigenvalue weighted by molar-refractivity contribution is 6.65. The summed E-state index contributed by atoms with van der Waals surface area (Å²) in [6.07, 6.45) is -8.93. The molecule has 0 atom stereocenters. The maximum Gasteiger partial charge on any atom is 0.416 e. The van der Waals surface area contributed by atoms with Crippen molar-refractivity contribution in [2.24, 2.45) is 4.99 Å². The SMILES string of the molecule is C/C(Cl)=N\c1c(-c2ccc(C(F)(F)F)cc2)cccc1-c1ccc(C(F)(F)F)cc1. The van der Waals surface area contributed by atoms with Crippen molar-refractivity contribution in [1.82, 2.24) is 0 Å². The van der Waals surface area contributed by atoms with E-state index in [1.165, 1.54) is 31.2 Å². The first kappa shape index (κ1) is 21.9. The molecule has 1 nitrogen and oxygen atoms in total. The maximum absolute atomic E-state index is 12.9. The summed E-state index contributed by atoms with van der Waals surface area (Å²) in [6, 6.07) is 14.1. The van der Waals surface area contributed by atoms with E-state index in [1.54, 1.807) is 18.2 Å². The second kappa shape index (κ2) is 8.14. The normalized spacial score (nSPS) is 12.9. The van der Waals surface area contributed by atoms with Gasteiger partial charge in [0, 0.05) is 11.1 Å². The standard InChI is InChI=1S/C22H14ClF6N/c1-13(23)30-20-18(14-5-9-16(10-6-14)21(24,25)26)3-2-4-19(20)15-7-11-17(12-8-15)22(27,28)29/h2-12H,1H3/b30-13+. The van der Waals surface area contributed by atoms with Crippen LogP contribution in [-0.4, -0.2) is 5.17 Å². The van der Waals surface area contributed by atoms with E-state index >= 15 is 0 Å². The second-order valence-electron chi connectivity index (χ2n) is 6.46. The molecule has 0 aliphatic rings. The Kier molecular flexibility index (Phi) is 5.94. The molecule has 3 rings (SSSR count). The third-order valence-electron chi connectivity index (χ3n) is 4.35. The van der Waals surface area contributed by atoms with Crippen molar-refractivity contribution in [2.75, 3.05) is 0 Å². The van der Waals surface area contributed by atoms with Crippen molar-refractivity contribution in [1.29, 1.82) is 0 Å². The van der Waals surface area contributed by atoms with Crippen molar-refractivity contribution in [3.8, 4) is 22.3 Å². The van der Waals surface area contributed by atoms with Crippen LogP contribution in [0.5, 0.6) is 0 Å². The van der Waals surface area contributed by atoms with Gasteiger partial charge in [-0.3, -0.25) is 0 Å². The molecule has 8 heteroatoms. The molecule has 0 saturated carbocycles. The van der Waals surface area contributed by atoms with Gasteiger partial charge >= 0.3 is 12.4 Å². The highest BCUT2D eigenvalue weighted by Crippen LogP contribution is 2.41. The van der Waals surface area contributed by atoms with Crippen molar-refractivity contribution >= 4 is 22.5 Å². The first-order valence-corrected chi connectivity index (χ1v) is 9.03. The van der Waals surface area contributed by atoms with E-state index in [0.717, 1.165) is 24.3 Å². The summed E-state index contributed by atoms with van der Waals surface area (Å²) in [6.45, 7) is 1.53. The lowest BCUT2D eigenvalue weighted by molar-refractivity contribution is -0.138. The van der Waals surface area contributed by atoms with Crippen LogP contribution >= 0.6 is 11.6 Å². The Morgan fingerprint density at radius 2 is 1.03 bits per heavy atom. The average Bonchev–Trinajstić information content (AvgIpc) is 2.67. The third kappa shape index (κ3) is 4.84. The first-order valence-electron chi connectivity index (χ1n) is 8.66. The van der Waals surface area contributed by atoms with Gasteiger partial charge in [0.1, 0.15) is 5.17 Å². The number of hydrogen-bond acceptors (Lipinski definition) is 1. The fourth-order valence-electron chi connectivity index (χ4n) is 2.96. The molecule has 0 bridgehead atoms. The molecule has 0 heterocycles. The lowest BCUT2D eigenvalue weighted by Crippen LogP contribution is -2.04. The van der Waals surface area contributed by atoms with Crippen molar-refractivity contribution in [2.45, 2.75) is 19.3 Å². The summed E-state index contributed by atoms with van der Waals surface area (Å²) < 4.78 is 77.1. The number of benzene rings is 3. The van der Waals surface area contributed by atoms with E-state index in [-0.39, 0.29) is 5.17 Å². The zero-order valence-corrected chi connectivity index (χ0v) is 16.2. The van der Waals surface area contributed by atoms with Crippen LogP contribution in [0.4, 0.5) is 32.0 Å². The number of hydrogen-bond donors (Lipinski definition) is 0. The topological polar surface area (TPSA) is 12.4 Å². The molecule has 0 aliphatic heterocycles. The fraction of sp³-hybridized carbons (Fsp3) is 0.136. The Balaban J connectivity index is 2.14. The lowest BCUT2D eigenvalue weighted by atomic mass is 9.95. The Morgan fingerprint density at radius 3 is 1.33 bits per heavy atom. The summed E-state index contributed by atoms with van der Waals surface area (Å²) in [7, 11) is 0. The van der Waals surface area contributed by atoms with Crippen LogP contribution < -0.4 is 0 Å². The molecule has 0 spiro atoms. The van der Waals surface area contributed by atoms with Crippen LogP contribution in [0.2, 0.25) is 0 Å². The molecule has 0 aliphatic carbocycles. The van der Waals surface area contributed by atoms with Gasteiger partial charge in [0.25, 0.3) is 0 Å². The number of alkyl halides is 6.